The summed E-state index contributed by atoms with van der Waals surface area (Å²) in [5, 5.41) is 0.924. The van der Waals surface area contributed by atoms with Crippen LogP contribution in [-0.2, 0) is 9.53 Å². The van der Waals surface area contributed by atoms with Crippen molar-refractivity contribution in [1.29, 1.82) is 0 Å². The second-order valence-electron chi connectivity index (χ2n) is 4.88. The van der Waals surface area contributed by atoms with E-state index in [9.17, 15) is 4.79 Å². The van der Waals surface area contributed by atoms with Gasteiger partial charge in [0.05, 0.1) is 24.0 Å². The van der Waals surface area contributed by atoms with Crippen LogP contribution in [-0.4, -0.2) is 60.7 Å². The zero-order valence-corrected chi connectivity index (χ0v) is 12.3. The highest BCUT2D eigenvalue weighted by molar-refractivity contribution is 7.22. The molecule has 1 fully saturated rings. The minimum Gasteiger partial charge on any atom is -0.365 e. The molecule has 1 atom stereocenters. The molecule has 2 aromatic heterocycles. The van der Waals surface area contributed by atoms with Gasteiger partial charge in [0, 0.05) is 26.8 Å². The second kappa shape index (κ2) is 5.34. The Morgan fingerprint density at radius 3 is 3.15 bits per heavy atom. The van der Waals surface area contributed by atoms with Crippen molar-refractivity contribution in [2.75, 3.05) is 38.7 Å². The molecule has 1 amide bonds. The van der Waals surface area contributed by atoms with Gasteiger partial charge >= 0.3 is 0 Å². The fourth-order valence-corrected chi connectivity index (χ4v) is 3.13. The second-order valence-corrected chi connectivity index (χ2v) is 5.89. The van der Waals surface area contributed by atoms with Gasteiger partial charge in [0.15, 0.2) is 11.2 Å². The summed E-state index contributed by atoms with van der Waals surface area (Å²) < 4.78 is 6.67. The number of nitrogens with zero attached hydrogens (tertiary/aromatic N) is 4. The van der Waals surface area contributed by atoms with E-state index in [-0.39, 0.29) is 5.91 Å². The Balaban J connectivity index is 1.81. The number of amides is 1. The summed E-state index contributed by atoms with van der Waals surface area (Å²) in [5.74, 6) is -0.00234. The molecule has 0 radical (unpaired) electrons. The zero-order valence-electron chi connectivity index (χ0n) is 11.4. The standard InChI is InChI=1S/C13H16N4O2S/c1-16(2)12(18)10-8-17(5-6-19-10)13-15-9-7-14-4-3-11(9)20-13/h3-4,7,10H,5-6,8H2,1-2H3. The molecule has 3 rings (SSSR count). The molecule has 0 bridgehead atoms. The topological polar surface area (TPSA) is 58.6 Å². The van der Waals surface area contributed by atoms with Gasteiger partial charge in [-0.3, -0.25) is 9.78 Å². The van der Waals surface area contributed by atoms with Gasteiger partial charge in [-0.05, 0) is 6.07 Å². The number of fused-ring (bicyclic) bond motifs is 1. The first-order chi connectivity index (χ1) is 9.65. The predicted molar refractivity (Wildman–Crippen MR) is 78.1 cm³/mol. The van der Waals surface area contributed by atoms with Crippen LogP contribution in [0.4, 0.5) is 5.13 Å². The molecule has 106 valence electrons. The molecular formula is C13H16N4O2S. The van der Waals surface area contributed by atoms with Crippen molar-refractivity contribution in [2.45, 2.75) is 6.10 Å². The average molecular weight is 292 g/mol. The lowest BCUT2D eigenvalue weighted by molar-refractivity contribution is -0.141. The Hall–Kier alpha value is -1.73. The molecular weight excluding hydrogens is 276 g/mol. The van der Waals surface area contributed by atoms with Crippen LogP contribution in [0.5, 0.6) is 0 Å². The maximum atomic E-state index is 12.0. The Morgan fingerprint density at radius 2 is 2.40 bits per heavy atom. The van der Waals surface area contributed by atoms with Crippen molar-refractivity contribution >= 4 is 32.6 Å². The van der Waals surface area contributed by atoms with Crippen LogP contribution in [0.2, 0.25) is 0 Å². The summed E-state index contributed by atoms with van der Waals surface area (Å²) in [4.78, 5) is 24.3. The van der Waals surface area contributed by atoms with Crippen molar-refractivity contribution in [2.24, 2.45) is 0 Å². The summed E-state index contributed by atoms with van der Waals surface area (Å²) in [6.07, 6.45) is 3.11. The first-order valence-corrected chi connectivity index (χ1v) is 7.25. The van der Waals surface area contributed by atoms with Gasteiger partial charge in [0.1, 0.15) is 5.52 Å². The number of hydrogen-bond acceptors (Lipinski definition) is 6. The molecule has 1 aliphatic rings. The smallest absolute Gasteiger partial charge is 0.253 e. The van der Waals surface area contributed by atoms with E-state index < -0.39 is 6.10 Å². The number of ether oxygens (including phenoxy) is 1. The highest BCUT2D eigenvalue weighted by Crippen LogP contribution is 2.29. The number of likely N-dealkylation sites (N-methyl/N-ethyl adjacent to an activating group) is 1. The van der Waals surface area contributed by atoms with E-state index >= 15 is 0 Å². The van der Waals surface area contributed by atoms with Crippen LogP contribution >= 0.6 is 11.3 Å². The monoisotopic (exact) mass is 292 g/mol. The van der Waals surface area contributed by atoms with Gasteiger partial charge in [-0.1, -0.05) is 11.3 Å². The van der Waals surface area contributed by atoms with E-state index in [1.54, 1.807) is 42.7 Å². The molecule has 0 saturated carbocycles. The van der Waals surface area contributed by atoms with Gasteiger partial charge in [0.2, 0.25) is 0 Å². The number of carbonyl (C=O) groups is 1. The lowest BCUT2D eigenvalue weighted by Crippen LogP contribution is -2.49. The molecule has 1 aliphatic heterocycles. The molecule has 0 spiro atoms. The normalized spacial score (nSPS) is 19.3. The first-order valence-electron chi connectivity index (χ1n) is 6.43. The predicted octanol–water partition coefficient (Wildman–Crippen LogP) is 0.985. The molecule has 20 heavy (non-hydrogen) atoms. The number of thiazole rings is 1. The van der Waals surface area contributed by atoms with Crippen LogP contribution in [0.1, 0.15) is 0 Å². The van der Waals surface area contributed by atoms with Gasteiger partial charge in [-0.15, -0.1) is 0 Å². The highest BCUT2D eigenvalue weighted by atomic mass is 32.1. The Morgan fingerprint density at radius 1 is 1.55 bits per heavy atom. The van der Waals surface area contributed by atoms with Crippen LogP contribution in [0.25, 0.3) is 10.2 Å². The molecule has 1 unspecified atom stereocenters. The van der Waals surface area contributed by atoms with Gasteiger partial charge in [-0.25, -0.2) is 4.98 Å². The van der Waals surface area contributed by atoms with Gasteiger partial charge in [-0.2, -0.15) is 0 Å². The lowest BCUT2D eigenvalue weighted by Gasteiger charge is -2.33. The van der Waals surface area contributed by atoms with Crippen LogP contribution in [0, 0.1) is 0 Å². The zero-order chi connectivity index (χ0) is 14.1. The van der Waals surface area contributed by atoms with E-state index in [0.717, 1.165) is 21.9 Å². The average Bonchev–Trinajstić information content (AvgIpc) is 2.90. The number of hydrogen-bond donors (Lipinski definition) is 0. The van der Waals surface area contributed by atoms with Crippen molar-refractivity contribution in [1.82, 2.24) is 14.9 Å². The Kier molecular flexibility index (Phi) is 3.54. The molecule has 0 aromatic carbocycles. The van der Waals surface area contributed by atoms with Gasteiger partial charge < -0.3 is 14.5 Å². The summed E-state index contributed by atoms with van der Waals surface area (Å²) in [6, 6.07) is 1.96. The fraction of sp³-hybridized carbons (Fsp3) is 0.462. The Bertz CT molecular complexity index is 595. The highest BCUT2D eigenvalue weighted by Gasteiger charge is 2.29. The molecule has 6 nitrogen and oxygen atoms in total. The van der Waals surface area contributed by atoms with E-state index in [0.29, 0.717) is 13.2 Å². The van der Waals surface area contributed by atoms with E-state index in [4.69, 9.17) is 4.74 Å². The van der Waals surface area contributed by atoms with Crippen molar-refractivity contribution in [3.05, 3.63) is 18.5 Å². The largest absolute Gasteiger partial charge is 0.365 e. The number of aromatic nitrogens is 2. The maximum absolute atomic E-state index is 12.0. The van der Waals surface area contributed by atoms with Crippen LogP contribution in [0.15, 0.2) is 18.5 Å². The summed E-state index contributed by atoms with van der Waals surface area (Å²) in [7, 11) is 3.49. The quantitative estimate of drug-likeness (QED) is 0.826. The third-order valence-electron chi connectivity index (χ3n) is 3.23. The molecule has 7 heteroatoms. The summed E-state index contributed by atoms with van der Waals surface area (Å²) >= 11 is 1.62. The van der Waals surface area contributed by atoms with E-state index in [1.807, 2.05) is 6.07 Å². The van der Waals surface area contributed by atoms with Gasteiger partial charge in [0.25, 0.3) is 5.91 Å². The van der Waals surface area contributed by atoms with Crippen LogP contribution in [0.3, 0.4) is 0 Å². The van der Waals surface area contributed by atoms with Crippen molar-refractivity contribution in [3.8, 4) is 0 Å². The maximum Gasteiger partial charge on any atom is 0.253 e. The third kappa shape index (κ3) is 2.46. The van der Waals surface area contributed by atoms with E-state index in [2.05, 4.69) is 14.9 Å². The summed E-state index contributed by atoms with van der Waals surface area (Å²) in [5.41, 5.74) is 0.898. The Labute approximate surface area is 121 Å². The first kappa shape index (κ1) is 13.3. The number of pyridine rings is 1. The number of carbonyl (C=O) groups excluding carboxylic acids is 1. The third-order valence-corrected chi connectivity index (χ3v) is 4.33. The fourth-order valence-electron chi connectivity index (χ4n) is 2.16. The number of anilines is 1. The minimum atomic E-state index is -0.413. The molecule has 1 saturated heterocycles. The number of rotatable bonds is 2. The van der Waals surface area contributed by atoms with Crippen molar-refractivity contribution < 1.29 is 9.53 Å². The minimum absolute atomic E-state index is 0.00234. The SMILES string of the molecule is CN(C)C(=O)C1CN(c2nc3cnccc3s2)CCO1. The lowest BCUT2D eigenvalue weighted by atomic mass is 10.2. The molecule has 0 N–H and O–H groups in total. The summed E-state index contributed by atoms with van der Waals surface area (Å²) in [6.45, 7) is 1.84. The molecule has 3 heterocycles. The molecule has 2 aromatic rings. The number of morpholine rings is 1. The van der Waals surface area contributed by atoms with Crippen molar-refractivity contribution in [3.63, 3.8) is 0 Å². The van der Waals surface area contributed by atoms with Crippen LogP contribution < -0.4 is 4.90 Å². The molecule has 0 aliphatic carbocycles. The van der Waals surface area contributed by atoms with E-state index in [1.165, 1.54) is 0 Å².